The molecule has 0 unspecified atom stereocenters. The molecule has 1 aliphatic rings. The molecule has 0 aromatic carbocycles. The molecule has 4 heteroatoms. The van der Waals surface area contributed by atoms with Crippen molar-refractivity contribution in [1.29, 1.82) is 0 Å². The molecule has 1 aromatic heterocycles. The highest BCUT2D eigenvalue weighted by atomic mass is 15.4. The summed E-state index contributed by atoms with van der Waals surface area (Å²) in [4.78, 5) is 4.76. The average molecular weight is 250 g/mol. The zero-order chi connectivity index (χ0) is 13.3. The number of hydrogen-bond donors (Lipinski definition) is 2. The Morgan fingerprint density at radius 1 is 1.11 bits per heavy atom. The van der Waals surface area contributed by atoms with Gasteiger partial charge in [0.2, 0.25) is 0 Å². The lowest BCUT2D eigenvalue weighted by atomic mass is 9.95. The second-order valence-corrected chi connectivity index (χ2v) is 6.51. The summed E-state index contributed by atoms with van der Waals surface area (Å²) in [7, 11) is 0. The Balaban J connectivity index is 2.33. The molecule has 0 atom stereocenters. The molecule has 102 valence electrons. The van der Waals surface area contributed by atoms with Crippen molar-refractivity contribution >= 4 is 5.82 Å². The molecule has 0 spiro atoms. The number of anilines is 1. The number of nitrogens with two attached hydrogens (primary N) is 2. The van der Waals surface area contributed by atoms with Crippen LogP contribution in [-0.2, 0) is 5.41 Å². The lowest BCUT2D eigenvalue weighted by Gasteiger charge is -2.17. The van der Waals surface area contributed by atoms with Crippen molar-refractivity contribution in [3.05, 3.63) is 11.5 Å². The Hall–Kier alpha value is -1.19. The van der Waals surface area contributed by atoms with Crippen LogP contribution in [-0.4, -0.2) is 9.66 Å². The molecule has 0 aliphatic heterocycles. The van der Waals surface area contributed by atoms with Gasteiger partial charge in [-0.2, -0.15) is 0 Å². The van der Waals surface area contributed by atoms with Gasteiger partial charge in [0.15, 0.2) is 0 Å². The zero-order valence-corrected chi connectivity index (χ0v) is 11.9. The number of rotatable bonds is 1. The molecule has 1 saturated carbocycles. The Labute approximate surface area is 110 Å². The smallest absolute Gasteiger partial charge is 0.146 e. The molecule has 1 aliphatic carbocycles. The van der Waals surface area contributed by atoms with E-state index in [4.69, 9.17) is 16.6 Å². The van der Waals surface area contributed by atoms with Gasteiger partial charge in [0.05, 0.1) is 5.69 Å². The van der Waals surface area contributed by atoms with Crippen LogP contribution in [0.2, 0.25) is 0 Å². The summed E-state index contributed by atoms with van der Waals surface area (Å²) in [6.45, 7) is 6.36. The van der Waals surface area contributed by atoms with Gasteiger partial charge >= 0.3 is 0 Å². The van der Waals surface area contributed by atoms with Crippen LogP contribution < -0.4 is 11.6 Å². The molecule has 0 amide bonds. The molecular weight excluding hydrogens is 224 g/mol. The number of hydrogen-bond acceptors (Lipinski definition) is 3. The average Bonchev–Trinajstić information content (AvgIpc) is 2.52. The molecule has 1 heterocycles. The Morgan fingerprint density at radius 3 is 2.11 bits per heavy atom. The number of aromatic nitrogens is 2. The largest absolute Gasteiger partial charge is 0.382 e. The molecular formula is C14H26N4. The summed E-state index contributed by atoms with van der Waals surface area (Å²) in [5, 5.41) is 0. The molecule has 0 saturated heterocycles. The van der Waals surface area contributed by atoms with Gasteiger partial charge in [-0.05, 0) is 12.8 Å². The van der Waals surface area contributed by atoms with E-state index < -0.39 is 0 Å². The summed E-state index contributed by atoms with van der Waals surface area (Å²) in [5.41, 5.74) is 7.13. The molecule has 0 bridgehead atoms. The highest BCUT2D eigenvalue weighted by Gasteiger charge is 2.27. The van der Waals surface area contributed by atoms with Gasteiger partial charge < -0.3 is 11.6 Å². The van der Waals surface area contributed by atoms with Crippen LogP contribution >= 0.6 is 0 Å². The van der Waals surface area contributed by atoms with Gasteiger partial charge in [0.25, 0.3) is 0 Å². The third-order valence-corrected chi connectivity index (χ3v) is 3.89. The van der Waals surface area contributed by atoms with Crippen LogP contribution in [0.3, 0.4) is 0 Å². The van der Waals surface area contributed by atoms with Crippen molar-refractivity contribution < 1.29 is 0 Å². The van der Waals surface area contributed by atoms with Crippen LogP contribution in [0.15, 0.2) is 0 Å². The maximum atomic E-state index is 6.16. The third kappa shape index (κ3) is 2.47. The fourth-order valence-electron chi connectivity index (χ4n) is 2.85. The van der Waals surface area contributed by atoms with E-state index in [1.165, 1.54) is 38.5 Å². The molecule has 18 heavy (non-hydrogen) atoms. The molecule has 1 aromatic rings. The number of imidazole rings is 1. The van der Waals surface area contributed by atoms with E-state index in [2.05, 4.69) is 20.8 Å². The topological polar surface area (TPSA) is 69.9 Å². The minimum atomic E-state index is -0.0636. The minimum absolute atomic E-state index is 0.0636. The van der Waals surface area contributed by atoms with E-state index in [1.807, 2.05) is 0 Å². The molecule has 1 fully saturated rings. The molecule has 2 rings (SSSR count). The summed E-state index contributed by atoms with van der Waals surface area (Å²) in [6.07, 6.45) is 7.64. The lowest BCUT2D eigenvalue weighted by molar-refractivity contribution is 0.525. The highest BCUT2D eigenvalue weighted by molar-refractivity contribution is 5.42. The van der Waals surface area contributed by atoms with Crippen molar-refractivity contribution in [3.8, 4) is 0 Å². The van der Waals surface area contributed by atoms with Crippen molar-refractivity contribution in [3.63, 3.8) is 0 Å². The van der Waals surface area contributed by atoms with E-state index in [0.717, 1.165) is 11.5 Å². The molecule has 4 N–H and O–H groups in total. The first-order valence-corrected chi connectivity index (χ1v) is 7.05. The first-order chi connectivity index (χ1) is 8.41. The van der Waals surface area contributed by atoms with Crippen molar-refractivity contribution in [2.75, 3.05) is 11.6 Å². The van der Waals surface area contributed by atoms with E-state index >= 15 is 0 Å². The minimum Gasteiger partial charge on any atom is -0.382 e. The Morgan fingerprint density at radius 2 is 1.67 bits per heavy atom. The lowest BCUT2D eigenvalue weighted by Crippen LogP contribution is -2.24. The molecule has 4 nitrogen and oxygen atoms in total. The summed E-state index contributed by atoms with van der Waals surface area (Å²) in [5.74, 6) is 8.11. The second kappa shape index (κ2) is 4.82. The maximum absolute atomic E-state index is 6.16. The number of nitrogens with zero attached hydrogens (tertiary/aromatic N) is 2. The van der Waals surface area contributed by atoms with Crippen LogP contribution in [0.25, 0.3) is 0 Å². The summed E-state index contributed by atoms with van der Waals surface area (Å²) in [6, 6.07) is 0. The van der Waals surface area contributed by atoms with Crippen LogP contribution in [0.5, 0.6) is 0 Å². The van der Waals surface area contributed by atoms with Gasteiger partial charge in [-0.3, -0.25) is 0 Å². The molecule has 0 radical (unpaired) electrons. The van der Waals surface area contributed by atoms with Crippen LogP contribution in [0.4, 0.5) is 5.82 Å². The maximum Gasteiger partial charge on any atom is 0.146 e. The quantitative estimate of drug-likeness (QED) is 0.594. The number of nitrogen functional groups attached to an aromatic ring is 2. The zero-order valence-electron chi connectivity index (χ0n) is 11.9. The van der Waals surface area contributed by atoms with Gasteiger partial charge in [-0.1, -0.05) is 46.5 Å². The Bertz CT molecular complexity index is 406. The van der Waals surface area contributed by atoms with Crippen LogP contribution in [0, 0.1) is 0 Å². The predicted octanol–water partition coefficient (Wildman–Crippen LogP) is 2.91. The van der Waals surface area contributed by atoms with Crippen molar-refractivity contribution in [1.82, 2.24) is 9.66 Å². The SMILES string of the molecule is CC(C)(C)c1nc(C2CCCCCC2)c(N)n1N. The monoisotopic (exact) mass is 250 g/mol. The summed E-state index contributed by atoms with van der Waals surface area (Å²) < 4.78 is 1.58. The first-order valence-electron chi connectivity index (χ1n) is 7.05. The second-order valence-electron chi connectivity index (χ2n) is 6.51. The van der Waals surface area contributed by atoms with E-state index in [-0.39, 0.29) is 5.41 Å². The van der Waals surface area contributed by atoms with Gasteiger partial charge in [-0.15, -0.1) is 0 Å². The third-order valence-electron chi connectivity index (χ3n) is 3.89. The van der Waals surface area contributed by atoms with Crippen molar-refractivity contribution in [2.24, 2.45) is 0 Å². The standard InChI is InChI=1S/C14H26N4/c1-14(2,3)13-17-11(12(15)18(13)16)10-8-6-4-5-7-9-10/h10H,4-9,15-16H2,1-3H3. The predicted molar refractivity (Wildman–Crippen MR) is 75.9 cm³/mol. The fraction of sp³-hybridized carbons (Fsp3) is 0.786. The summed E-state index contributed by atoms with van der Waals surface area (Å²) >= 11 is 0. The van der Waals surface area contributed by atoms with Gasteiger partial charge in [0.1, 0.15) is 11.6 Å². The van der Waals surface area contributed by atoms with Crippen LogP contribution in [0.1, 0.15) is 76.7 Å². The van der Waals surface area contributed by atoms with E-state index in [1.54, 1.807) is 4.68 Å². The van der Waals surface area contributed by atoms with E-state index in [0.29, 0.717) is 11.7 Å². The first kappa shape index (κ1) is 13.2. The fourth-order valence-corrected chi connectivity index (χ4v) is 2.85. The van der Waals surface area contributed by atoms with Gasteiger partial charge in [-0.25, -0.2) is 9.66 Å². The Kier molecular flexibility index (Phi) is 3.55. The highest BCUT2D eigenvalue weighted by Crippen LogP contribution is 2.35. The van der Waals surface area contributed by atoms with Crippen molar-refractivity contribution in [2.45, 2.75) is 70.6 Å². The van der Waals surface area contributed by atoms with E-state index in [9.17, 15) is 0 Å². The normalized spacial score (nSPS) is 18.8. The van der Waals surface area contributed by atoms with Gasteiger partial charge in [0, 0.05) is 11.3 Å².